The molecule has 0 spiro atoms. The van der Waals surface area contributed by atoms with Gasteiger partial charge in [0.1, 0.15) is 0 Å². The van der Waals surface area contributed by atoms with Crippen LogP contribution in [0.3, 0.4) is 0 Å². The quantitative estimate of drug-likeness (QED) is 0.117. The molecule has 0 atom stereocenters. The van der Waals surface area contributed by atoms with Gasteiger partial charge in [-0.15, -0.1) is 0 Å². The van der Waals surface area contributed by atoms with E-state index in [9.17, 15) is 4.79 Å². The van der Waals surface area contributed by atoms with E-state index in [1.165, 1.54) is 135 Å². The Labute approximate surface area is 189 Å². The molecule has 1 N–H and O–H groups in total. The maximum absolute atomic E-state index is 10.4. The molecule has 0 unspecified atom stereocenters. The number of hydrogen-bond donors (Lipinski definition) is 1. The largest absolute Gasteiger partial charge is 0.481 e. The van der Waals surface area contributed by atoms with Gasteiger partial charge in [-0.2, -0.15) is 0 Å². The van der Waals surface area contributed by atoms with Gasteiger partial charge in [0, 0.05) is 6.42 Å². The van der Waals surface area contributed by atoms with Crippen LogP contribution < -0.4 is 0 Å². The number of hydrogen-bond acceptors (Lipinski definition) is 1. The average Bonchev–Trinajstić information content (AvgIpc) is 2.73. The molecule has 2 heteroatoms. The van der Waals surface area contributed by atoms with E-state index in [1.54, 1.807) is 0 Å². The second kappa shape index (κ2) is 26.2. The summed E-state index contributed by atoms with van der Waals surface area (Å²) in [5.41, 5.74) is 0. The molecule has 30 heavy (non-hydrogen) atoms. The lowest BCUT2D eigenvalue weighted by molar-refractivity contribution is -0.137. The van der Waals surface area contributed by atoms with E-state index in [1.807, 2.05) is 0 Å². The maximum Gasteiger partial charge on any atom is 0.303 e. The van der Waals surface area contributed by atoms with Gasteiger partial charge in [-0.05, 0) is 32.1 Å². The number of carboxylic acid groups (broad SMARTS) is 1. The van der Waals surface area contributed by atoms with Crippen LogP contribution in [0.1, 0.15) is 161 Å². The summed E-state index contributed by atoms with van der Waals surface area (Å²) in [5, 5.41) is 8.59. The van der Waals surface area contributed by atoms with E-state index in [0.717, 1.165) is 12.8 Å². The minimum Gasteiger partial charge on any atom is -0.481 e. The second-order valence-corrected chi connectivity index (χ2v) is 9.26. The van der Waals surface area contributed by atoms with Gasteiger partial charge in [0.05, 0.1) is 0 Å². The van der Waals surface area contributed by atoms with Crippen molar-refractivity contribution in [2.75, 3.05) is 0 Å². The van der Waals surface area contributed by atoms with Crippen LogP contribution in [0.4, 0.5) is 0 Å². The normalized spacial score (nSPS) is 11.5. The first kappa shape index (κ1) is 29.2. The highest BCUT2D eigenvalue weighted by Crippen LogP contribution is 2.14. The molecule has 0 rings (SSSR count). The average molecular weight is 423 g/mol. The monoisotopic (exact) mass is 422 g/mol. The van der Waals surface area contributed by atoms with Crippen molar-refractivity contribution in [1.82, 2.24) is 0 Å². The number of carboxylic acids is 1. The molecule has 0 saturated heterocycles. The number of rotatable bonds is 25. The Morgan fingerprint density at radius 1 is 0.500 bits per heavy atom. The van der Waals surface area contributed by atoms with Gasteiger partial charge >= 0.3 is 5.97 Å². The van der Waals surface area contributed by atoms with Crippen molar-refractivity contribution in [1.29, 1.82) is 0 Å². The summed E-state index contributed by atoms with van der Waals surface area (Å²) >= 11 is 0. The molecule has 0 aromatic heterocycles. The van der Waals surface area contributed by atoms with E-state index < -0.39 is 5.97 Å². The summed E-state index contributed by atoms with van der Waals surface area (Å²) in [6.07, 6.45) is 36.0. The zero-order chi connectivity index (χ0) is 22.0. The van der Waals surface area contributed by atoms with Crippen molar-refractivity contribution in [3.63, 3.8) is 0 Å². The van der Waals surface area contributed by atoms with Crippen molar-refractivity contribution in [2.24, 2.45) is 0 Å². The van der Waals surface area contributed by atoms with Crippen molar-refractivity contribution < 1.29 is 9.90 Å². The lowest BCUT2D eigenvalue weighted by Crippen LogP contribution is -1.93. The molecule has 0 aliphatic heterocycles. The van der Waals surface area contributed by atoms with Crippen LogP contribution in [0, 0.1) is 0 Å². The summed E-state index contributed by atoms with van der Waals surface area (Å²) in [6.45, 7) is 2.29. The lowest BCUT2D eigenvalue weighted by Gasteiger charge is -2.03. The molecule has 0 aromatic rings. The standard InChI is InChI=1S/C28H54O2/c1-2-3-4-5-6-7-8-9-10-11-12-13-14-15-16-17-18-19-20-21-22-23-24-25-26-27-28(29)30/h19-20H,2-18,21-27H2,1H3,(H,29,30). The van der Waals surface area contributed by atoms with Crippen molar-refractivity contribution >= 4 is 5.97 Å². The number of carbonyl (C=O) groups is 1. The van der Waals surface area contributed by atoms with E-state index >= 15 is 0 Å². The zero-order valence-electron chi connectivity index (χ0n) is 20.5. The Bertz CT molecular complexity index is 362. The summed E-state index contributed by atoms with van der Waals surface area (Å²) in [7, 11) is 0. The van der Waals surface area contributed by atoms with Crippen LogP contribution in [0.25, 0.3) is 0 Å². The van der Waals surface area contributed by atoms with Gasteiger partial charge in [0.2, 0.25) is 0 Å². The number of unbranched alkanes of at least 4 members (excludes halogenated alkanes) is 21. The molecule has 0 aliphatic carbocycles. The molecule has 0 bridgehead atoms. The molecule has 178 valence electrons. The fourth-order valence-corrected chi connectivity index (χ4v) is 4.11. The third kappa shape index (κ3) is 27.2. The Balaban J connectivity index is 3.07. The maximum atomic E-state index is 10.4. The molecule has 0 heterocycles. The molecule has 0 aliphatic rings. The van der Waals surface area contributed by atoms with Gasteiger partial charge in [-0.1, -0.05) is 135 Å². The van der Waals surface area contributed by atoms with Gasteiger partial charge in [0.15, 0.2) is 0 Å². The van der Waals surface area contributed by atoms with Crippen LogP contribution in [0.15, 0.2) is 12.2 Å². The second-order valence-electron chi connectivity index (χ2n) is 9.26. The van der Waals surface area contributed by atoms with E-state index in [-0.39, 0.29) is 0 Å². The highest BCUT2D eigenvalue weighted by atomic mass is 16.4. The van der Waals surface area contributed by atoms with Gasteiger partial charge in [0.25, 0.3) is 0 Å². The highest BCUT2D eigenvalue weighted by molar-refractivity contribution is 5.66. The topological polar surface area (TPSA) is 37.3 Å². The van der Waals surface area contributed by atoms with Crippen molar-refractivity contribution in [2.45, 2.75) is 161 Å². The number of aliphatic carboxylic acids is 1. The third-order valence-electron chi connectivity index (χ3n) is 6.15. The molecule has 0 radical (unpaired) electrons. The lowest BCUT2D eigenvalue weighted by atomic mass is 10.0. The van der Waals surface area contributed by atoms with Gasteiger partial charge in [-0.25, -0.2) is 0 Å². The summed E-state index contributed by atoms with van der Waals surface area (Å²) < 4.78 is 0. The minimum absolute atomic E-state index is 0.333. The van der Waals surface area contributed by atoms with Crippen LogP contribution in [-0.2, 0) is 4.79 Å². The smallest absolute Gasteiger partial charge is 0.303 e. The first-order valence-corrected chi connectivity index (χ1v) is 13.6. The zero-order valence-corrected chi connectivity index (χ0v) is 20.5. The van der Waals surface area contributed by atoms with Crippen molar-refractivity contribution in [3.05, 3.63) is 12.2 Å². The SMILES string of the molecule is CCCCCCCCCCCCCCCCCCC=CCCCCCCCC(=O)O. The summed E-state index contributed by atoms with van der Waals surface area (Å²) in [4.78, 5) is 10.4. The van der Waals surface area contributed by atoms with Crippen LogP contribution in [-0.4, -0.2) is 11.1 Å². The molecule has 2 nitrogen and oxygen atoms in total. The van der Waals surface area contributed by atoms with Crippen LogP contribution in [0.5, 0.6) is 0 Å². The molecule has 0 amide bonds. The van der Waals surface area contributed by atoms with Gasteiger partial charge in [-0.3, -0.25) is 4.79 Å². The Morgan fingerprint density at radius 2 is 0.800 bits per heavy atom. The van der Waals surface area contributed by atoms with Crippen LogP contribution in [0.2, 0.25) is 0 Å². The van der Waals surface area contributed by atoms with Gasteiger partial charge < -0.3 is 5.11 Å². The van der Waals surface area contributed by atoms with Crippen LogP contribution >= 0.6 is 0 Å². The molecule has 0 fully saturated rings. The molecular weight excluding hydrogens is 368 g/mol. The van der Waals surface area contributed by atoms with E-state index in [4.69, 9.17) is 5.11 Å². The third-order valence-corrected chi connectivity index (χ3v) is 6.15. The van der Waals surface area contributed by atoms with E-state index in [0.29, 0.717) is 6.42 Å². The molecular formula is C28H54O2. The predicted octanol–water partition coefficient (Wildman–Crippen LogP) is 10.0. The fraction of sp³-hybridized carbons (Fsp3) is 0.893. The molecule has 0 saturated carbocycles. The Hall–Kier alpha value is -0.790. The number of allylic oxidation sites excluding steroid dienone is 2. The minimum atomic E-state index is -0.660. The predicted molar refractivity (Wildman–Crippen MR) is 133 cm³/mol. The summed E-state index contributed by atoms with van der Waals surface area (Å²) in [6, 6.07) is 0. The summed E-state index contributed by atoms with van der Waals surface area (Å²) in [5.74, 6) is -0.660. The van der Waals surface area contributed by atoms with E-state index in [2.05, 4.69) is 19.1 Å². The first-order chi connectivity index (χ1) is 14.8. The molecule has 0 aromatic carbocycles. The first-order valence-electron chi connectivity index (χ1n) is 13.6. The van der Waals surface area contributed by atoms with Crippen molar-refractivity contribution in [3.8, 4) is 0 Å². The Morgan fingerprint density at radius 3 is 1.13 bits per heavy atom. The fourth-order valence-electron chi connectivity index (χ4n) is 4.11. The highest BCUT2D eigenvalue weighted by Gasteiger charge is 1.96. The Kier molecular flexibility index (Phi) is 25.6.